The van der Waals surface area contributed by atoms with Gasteiger partial charge in [-0.1, -0.05) is 65.1 Å². The number of esters is 2. The predicted molar refractivity (Wildman–Crippen MR) is 131 cm³/mol. The number of alkyl halides is 1. The van der Waals surface area contributed by atoms with Crippen LogP contribution in [0.5, 0.6) is 5.75 Å². The molecule has 0 unspecified atom stereocenters. The van der Waals surface area contributed by atoms with Gasteiger partial charge in [0, 0.05) is 6.07 Å². The van der Waals surface area contributed by atoms with E-state index in [2.05, 4.69) is 24.3 Å². The molecule has 3 aromatic carbocycles. The number of halogens is 1. The molecule has 0 saturated heterocycles. The maximum atomic E-state index is 12.3. The Bertz CT molecular complexity index is 977. The van der Waals surface area contributed by atoms with Gasteiger partial charge in [-0.05, 0) is 50.2 Å². The third-order valence-electron chi connectivity index (χ3n) is 4.26. The number of rotatable bonds is 8. The topological polar surface area (TPSA) is 52.6 Å². The van der Waals surface area contributed by atoms with Crippen molar-refractivity contribution < 1.29 is 19.1 Å². The molecule has 6 heteroatoms. The third-order valence-corrected chi connectivity index (χ3v) is 6.91. The first kappa shape index (κ1) is 23.3. The van der Waals surface area contributed by atoms with Gasteiger partial charge < -0.3 is 9.47 Å². The van der Waals surface area contributed by atoms with Gasteiger partial charge in [-0.3, -0.25) is 9.59 Å². The maximum Gasteiger partial charge on any atom is 0.321 e. The molecule has 3 rings (SSSR count). The van der Waals surface area contributed by atoms with E-state index < -0.39 is 9.39 Å². The molecule has 0 fully saturated rings. The summed E-state index contributed by atoms with van der Waals surface area (Å²) in [6, 6.07) is 28.2. The van der Waals surface area contributed by atoms with Crippen molar-refractivity contribution in [1.82, 2.24) is 0 Å². The minimum absolute atomic E-state index is 0.00218. The lowest BCUT2D eigenvalue weighted by Crippen LogP contribution is -2.27. The second kappa shape index (κ2) is 10.8. The van der Waals surface area contributed by atoms with Crippen LogP contribution in [0, 0.1) is 0 Å². The molecule has 160 valence electrons. The molecule has 0 aliphatic carbocycles. The molecule has 0 bridgehead atoms. The van der Waals surface area contributed by atoms with Crippen LogP contribution in [0.15, 0.2) is 99.6 Å². The SMILES string of the molecule is CC(C)(I)C(=O)OCCC(=O)Oc1cccc([S+](c2ccccc2)c2ccccc2)c1. The van der Waals surface area contributed by atoms with Crippen LogP contribution in [0.2, 0.25) is 0 Å². The molecular formula is C25H24IO4S+. The highest BCUT2D eigenvalue weighted by molar-refractivity contribution is 14.1. The Morgan fingerprint density at radius 3 is 1.94 bits per heavy atom. The van der Waals surface area contributed by atoms with Crippen LogP contribution in [0.4, 0.5) is 0 Å². The summed E-state index contributed by atoms with van der Waals surface area (Å²) in [4.78, 5) is 27.5. The highest BCUT2D eigenvalue weighted by Crippen LogP contribution is 2.32. The van der Waals surface area contributed by atoms with Crippen molar-refractivity contribution in [3.63, 3.8) is 0 Å². The smallest absolute Gasteiger partial charge is 0.321 e. The lowest BCUT2D eigenvalue weighted by atomic mass is 10.2. The van der Waals surface area contributed by atoms with Crippen LogP contribution in [-0.4, -0.2) is 22.0 Å². The van der Waals surface area contributed by atoms with Crippen LogP contribution < -0.4 is 4.74 Å². The van der Waals surface area contributed by atoms with Gasteiger partial charge in [0.1, 0.15) is 15.8 Å². The second-order valence-electron chi connectivity index (χ2n) is 7.24. The van der Waals surface area contributed by atoms with E-state index in [1.54, 1.807) is 19.9 Å². The highest BCUT2D eigenvalue weighted by Gasteiger charge is 2.29. The van der Waals surface area contributed by atoms with Crippen LogP contribution in [0.1, 0.15) is 20.3 Å². The molecule has 3 aromatic rings. The van der Waals surface area contributed by atoms with E-state index in [0.29, 0.717) is 5.75 Å². The van der Waals surface area contributed by atoms with Crippen LogP contribution in [-0.2, 0) is 25.2 Å². The fourth-order valence-corrected chi connectivity index (χ4v) is 5.05. The number of hydrogen-bond acceptors (Lipinski definition) is 4. The van der Waals surface area contributed by atoms with E-state index in [0.717, 1.165) is 4.90 Å². The summed E-state index contributed by atoms with van der Waals surface area (Å²) in [6.07, 6.45) is 0.00573. The molecule has 0 aliphatic rings. The lowest BCUT2D eigenvalue weighted by Gasteiger charge is -2.14. The number of carbonyl (C=O) groups is 2. The van der Waals surface area contributed by atoms with Gasteiger partial charge in [0.05, 0.1) is 17.3 Å². The molecule has 0 spiro atoms. The molecule has 0 atom stereocenters. The molecule has 0 amide bonds. The monoisotopic (exact) mass is 547 g/mol. The van der Waals surface area contributed by atoms with E-state index in [4.69, 9.17) is 9.47 Å². The van der Waals surface area contributed by atoms with Gasteiger partial charge in [-0.15, -0.1) is 0 Å². The minimum Gasteiger partial charge on any atom is -0.464 e. The molecule has 0 saturated carbocycles. The van der Waals surface area contributed by atoms with E-state index in [9.17, 15) is 9.59 Å². The number of carbonyl (C=O) groups excluding carboxylic acids is 2. The molecule has 0 aromatic heterocycles. The first-order chi connectivity index (χ1) is 14.8. The summed E-state index contributed by atoms with van der Waals surface area (Å²) in [6.45, 7) is 3.52. The van der Waals surface area contributed by atoms with E-state index in [1.165, 1.54) is 9.79 Å². The molecule has 0 heterocycles. The standard InChI is InChI=1S/C25H24IO4S/c1-25(2,26)24(28)29-17-16-23(27)30-19-10-9-15-22(18-19)31(20-11-5-3-6-12-20)21-13-7-4-8-14-21/h3-15,18H,16-17H2,1-2H3/q+1. The van der Waals surface area contributed by atoms with Crippen molar-refractivity contribution in [3.05, 3.63) is 84.9 Å². The molecule has 4 nitrogen and oxygen atoms in total. The average Bonchev–Trinajstić information content (AvgIpc) is 2.75. The largest absolute Gasteiger partial charge is 0.464 e. The van der Waals surface area contributed by atoms with Gasteiger partial charge >= 0.3 is 11.9 Å². The fourth-order valence-electron chi connectivity index (χ4n) is 2.77. The van der Waals surface area contributed by atoms with Crippen molar-refractivity contribution >= 4 is 45.4 Å². The van der Waals surface area contributed by atoms with E-state index >= 15 is 0 Å². The quantitative estimate of drug-likeness (QED) is 0.117. The summed E-state index contributed by atoms with van der Waals surface area (Å²) in [5.74, 6) is -0.305. The maximum absolute atomic E-state index is 12.3. The van der Waals surface area contributed by atoms with Gasteiger partial charge in [0.25, 0.3) is 0 Å². The molecule has 31 heavy (non-hydrogen) atoms. The Morgan fingerprint density at radius 2 is 1.39 bits per heavy atom. The minimum atomic E-state index is -0.624. The Balaban J connectivity index is 1.73. The van der Waals surface area contributed by atoms with Gasteiger partial charge in [0.2, 0.25) is 0 Å². The van der Waals surface area contributed by atoms with Crippen LogP contribution in [0.25, 0.3) is 0 Å². The zero-order valence-electron chi connectivity index (χ0n) is 17.4. The second-order valence-corrected chi connectivity index (χ2v) is 12.0. The molecule has 0 N–H and O–H groups in total. The van der Waals surface area contributed by atoms with Gasteiger partial charge in [-0.25, -0.2) is 0 Å². The van der Waals surface area contributed by atoms with Gasteiger partial charge in [0.15, 0.2) is 14.7 Å². The molecular weight excluding hydrogens is 523 g/mol. The van der Waals surface area contributed by atoms with Crippen molar-refractivity contribution in [1.29, 1.82) is 0 Å². The van der Waals surface area contributed by atoms with Gasteiger partial charge in [-0.2, -0.15) is 0 Å². The molecule has 0 radical (unpaired) electrons. The number of ether oxygens (including phenoxy) is 2. The summed E-state index contributed by atoms with van der Waals surface area (Å²) in [5, 5.41) is 0. The van der Waals surface area contributed by atoms with E-state index in [1.807, 2.05) is 77.2 Å². The zero-order chi connectivity index (χ0) is 22.3. The van der Waals surface area contributed by atoms with Crippen molar-refractivity contribution in [2.45, 2.75) is 38.4 Å². The summed E-state index contributed by atoms with van der Waals surface area (Å²) in [5.41, 5.74) is 0. The Kier molecular flexibility index (Phi) is 8.15. The number of hydrogen-bond donors (Lipinski definition) is 0. The summed E-state index contributed by atoms with van der Waals surface area (Å²) >= 11 is 2.01. The van der Waals surface area contributed by atoms with Crippen molar-refractivity contribution in [3.8, 4) is 5.75 Å². The van der Waals surface area contributed by atoms with Crippen LogP contribution in [0.3, 0.4) is 0 Å². The van der Waals surface area contributed by atoms with E-state index in [-0.39, 0.29) is 29.9 Å². The number of benzene rings is 3. The zero-order valence-corrected chi connectivity index (χ0v) is 20.4. The third kappa shape index (κ3) is 6.83. The molecule has 0 aliphatic heterocycles. The first-order valence-electron chi connectivity index (χ1n) is 9.86. The highest BCUT2D eigenvalue weighted by atomic mass is 127. The lowest BCUT2D eigenvalue weighted by molar-refractivity contribution is -0.147. The average molecular weight is 547 g/mol. The Hall–Kier alpha value is -2.32. The van der Waals surface area contributed by atoms with Crippen molar-refractivity contribution in [2.75, 3.05) is 6.61 Å². The summed E-state index contributed by atoms with van der Waals surface area (Å²) < 4.78 is 10.0. The Labute approximate surface area is 199 Å². The Morgan fingerprint density at radius 1 is 0.839 bits per heavy atom. The van der Waals surface area contributed by atoms with Crippen LogP contribution >= 0.6 is 22.6 Å². The van der Waals surface area contributed by atoms with Crippen molar-refractivity contribution in [2.24, 2.45) is 0 Å². The summed E-state index contributed by atoms with van der Waals surface area (Å²) in [7, 11) is -0.323. The first-order valence-corrected chi connectivity index (χ1v) is 12.2. The predicted octanol–water partition coefficient (Wildman–Crippen LogP) is 5.83. The fraction of sp³-hybridized carbons (Fsp3) is 0.200. The normalized spacial score (nSPS) is 11.2.